The molecule has 0 bridgehead atoms. The maximum Gasteiger partial charge on any atom is 0.237 e. The Kier molecular flexibility index (Phi) is 4.08. The fraction of sp³-hybridized carbons (Fsp3) is 0.727. The molecule has 4 N–H and O–H groups in total. The van der Waals surface area contributed by atoms with Crippen molar-refractivity contribution in [2.24, 2.45) is 16.9 Å². The van der Waals surface area contributed by atoms with Gasteiger partial charge >= 0.3 is 0 Å². The fourth-order valence-electron chi connectivity index (χ4n) is 2.03. The van der Waals surface area contributed by atoms with Crippen LogP contribution >= 0.6 is 12.2 Å². The molecule has 6 heteroatoms. The highest BCUT2D eigenvalue weighted by Gasteiger charge is 2.49. The van der Waals surface area contributed by atoms with Crippen LogP contribution in [0.25, 0.3) is 0 Å². The molecule has 1 fully saturated rings. The lowest BCUT2D eigenvalue weighted by Crippen LogP contribution is -2.57. The summed E-state index contributed by atoms with van der Waals surface area (Å²) in [6.45, 7) is 3.60. The summed E-state index contributed by atoms with van der Waals surface area (Å²) in [5, 5.41) is 0. The van der Waals surface area contributed by atoms with Crippen molar-refractivity contribution < 1.29 is 9.59 Å². The molecule has 0 radical (unpaired) electrons. The largest absolute Gasteiger partial charge is 0.392 e. The third kappa shape index (κ3) is 2.57. The quantitative estimate of drug-likeness (QED) is 0.687. The second kappa shape index (κ2) is 5.00. The molecule has 1 saturated carbocycles. The van der Waals surface area contributed by atoms with Gasteiger partial charge in [0.2, 0.25) is 11.8 Å². The van der Waals surface area contributed by atoms with E-state index in [0.717, 1.165) is 6.42 Å². The van der Waals surface area contributed by atoms with E-state index in [2.05, 4.69) is 0 Å². The maximum absolute atomic E-state index is 12.4. The van der Waals surface area contributed by atoms with Crippen LogP contribution in [0.2, 0.25) is 0 Å². The minimum absolute atomic E-state index is 0.0825. The lowest BCUT2D eigenvalue weighted by molar-refractivity contribution is -0.146. The van der Waals surface area contributed by atoms with Gasteiger partial charge in [-0.2, -0.15) is 0 Å². The number of nitrogens with two attached hydrogens (primary N) is 2. The van der Waals surface area contributed by atoms with Crippen molar-refractivity contribution in [2.75, 3.05) is 6.54 Å². The highest BCUT2D eigenvalue weighted by atomic mass is 32.1. The van der Waals surface area contributed by atoms with Crippen LogP contribution in [0.15, 0.2) is 0 Å². The minimum Gasteiger partial charge on any atom is -0.392 e. The summed E-state index contributed by atoms with van der Waals surface area (Å²) in [4.78, 5) is 25.1. The molecule has 1 rings (SSSR count). The van der Waals surface area contributed by atoms with E-state index in [1.54, 1.807) is 0 Å². The molecular weight excluding hydrogens is 238 g/mol. The molecule has 0 atom stereocenters. The van der Waals surface area contributed by atoms with Crippen molar-refractivity contribution in [2.45, 2.75) is 39.2 Å². The summed E-state index contributed by atoms with van der Waals surface area (Å²) < 4.78 is 0. The van der Waals surface area contributed by atoms with Crippen molar-refractivity contribution in [3.63, 3.8) is 0 Å². The van der Waals surface area contributed by atoms with Gasteiger partial charge in [0.05, 0.1) is 16.9 Å². The van der Waals surface area contributed by atoms with E-state index in [-0.39, 0.29) is 23.5 Å². The summed E-state index contributed by atoms with van der Waals surface area (Å²) in [6.07, 6.45) is 2.28. The zero-order chi connectivity index (χ0) is 13.2. The van der Waals surface area contributed by atoms with Crippen molar-refractivity contribution in [3.8, 4) is 0 Å². The van der Waals surface area contributed by atoms with Crippen molar-refractivity contribution >= 4 is 29.0 Å². The van der Waals surface area contributed by atoms with Gasteiger partial charge in [0.25, 0.3) is 0 Å². The smallest absolute Gasteiger partial charge is 0.237 e. The zero-order valence-corrected chi connectivity index (χ0v) is 11.0. The van der Waals surface area contributed by atoms with E-state index in [1.807, 2.05) is 13.8 Å². The number of rotatable bonds is 5. The second-order valence-electron chi connectivity index (χ2n) is 4.79. The number of hydrogen-bond acceptors (Lipinski definition) is 3. The van der Waals surface area contributed by atoms with Crippen LogP contribution in [0, 0.1) is 5.41 Å². The number of carbonyl (C=O) groups excluding carboxylic acids is 2. The Morgan fingerprint density at radius 3 is 2.12 bits per heavy atom. The summed E-state index contributed by atoms with van der Waals surface area (Å²) in [5.74, 6) is -0.686. The Balaban J connectivity index is 2.91. The molecule has 0 heterocycles. The predicted octanol–water partition coefficient (Wildman–Crippen LogP) is 0.165. The van der Waals surface area contributed by atoms with E-state index in [1.165, 1.54) is 4.90 Å². The number of thiocarbonyl (C=S) groups is 1. The van der Waals surface area contributed by atoms with E-state index < -0.39 is 11.3 Å². The van der Waals surface area contributed by atoms with Crippen LogP contribution in [0.1, 0.15) is 33.1 Å². The molecule has 1 aliphatic rings. The molecule has 0 spiro atoms. The van der Waals surface area contributed by atoms with Crippen LogP contribution in [-0.2, 0) is 9.59 Å². The third-order valence-corrected chi connectivity index (χ3v) is 3.69. The van der Waals surface area contributed by atoms with Crippen LogP contribution in [-0.4, -0.2) is 34.3 Å². The molecule has 0 aliphatic heterocycles. The molecule has 17 heavy (non-hydrogen) atoms. The number of primary amides is 1. The summed E-state index contributed by atoms with van der Waals surface area (Å²) >= 11 is 4.99. The Labute approximate surface area is 107 Å². The number of hydrogen-bond donors (Lipinski definition) is 2. The average molecular weight is 257 g/mol. The Morgan fingerprint density at radius 1 is 1.35 bits per heavy atom. The van der Waals surface area contributed by atoms with E-state index >= 15 is 0 Å². The van der Waals surface area contributed by atoms with Crippen LogP contribution in [0.5, 0.6) is 0 Å². The minimum atomic E-state index is -0.741. The normalized spacial score (nSPS) is 17.4. The third-order valence-electron chi connectivity index (χ3n) is 3.30. The van der Waals surface area contributed by atoms with Gasteiger partial charge in [-0.25, -0.2) is 0 Å². The fourth-order valence-corrected chi connectivity index (χ4v) is 2.32. The van der Waals surface area contributed by atoms with Gasteiger partial charge in [-0.05, 0) is 26.7 Å². The number of nitrogens with zero attached hydrogens (tertiary/aromatic N) is 1. The summed E-state index contributed by atoms with van der Waals surface area (Å²) in [5.41, 5.74) is 10.1. The average Bonchev–Trinajstić information content (AvgIpc) is 2.10. The molecule has 0 saturated heterocycles. The molecular formula is C11H19N3O2S. The highest BCUT2D eigenvalue weighted by Crippen LogP contribution is 2.43. The van der Waals surface area contributed by atoms with E-state index in [4.69, 9.17) is 23.7 Å². The van der Waals surface area contributed by atoms with Gasteiger partial charge in [0, 0.05) is 6.04 Å². The molecule has 0 aromatic rings. The molecule has 5 nitrogen and oxygen atoms in total. The highest BCUT2D eigenvalue weighted by molar-refractivity contribution is 7.80. The molecule has 0 aromatic carbocycles. The molecule has 1 aliphatic carbocycles. The van der Waals surface area contributed by atoms with Crippen molar-refractivity contribution in [3.05, 3.63) is 0 Å². The van der Waals surface area contributed by atoms with Gasteiger partial charge < -0.3 is 16.4 Å². The first-order valence-corrected chi connectivity index (χ1v) is 6.11. The van der Waals surface area contributed by atoms with Crippen molar-refractivity contribution in [1.29, 1.82) is 0 Å². The monoisotopic (exact) mass is 257 g/mol. The lowest BCUT2D eigenvalue weighted by atomic mass is 9.67. The van der Waals surface area contributed by atoms with Crippen LogP contribution in [0.3, 0.4) is 0 Å². The molecule has 0 unspecified atom stereocenters. The lowest BCUT2D eigenvalue weighted by Gasteiger charge is -2.43. The first-order chi connectivity index (χ1) is 7.81. The van der Waals surface area contributed by atoms with Gasteiger partial charge in [0.1, 0.15) is 0 Å². The second-order valence-corrected chi connectivity index (χ2v) is 5.23. The van der Waals surface area contributed by atoms with Crippen LogP contribution in [0.4, 0.5) is 0 Å². The Hall–Kier alpha value is -1.17. The number of amides is 2. The Bertz CT molecular complexity index is 351. The van der Waals surface area contributed by atoms with Crippen molar-refractivity contribution in [1.82, 2.24) is 4.90 Å². The van der Waals surface area contributed by atoms with E-state index in [0.29, 0.717) is 12.8 Å². The standard InChI is InChI=1S/C11H19N3O2S/c1-7(2)14(6-8(12)15)10(16)11(9(13)17)4-3-5-11/h7H,3-6H2,1-2H3,(H2,12,15)(H2,13,17). The van der Waals surface area contributed by atoms with Gasteiger partial charge in [0.15, 0.2) is 0 Å². The van der Waals surface area contributed by atoms with Gasteiger partial charge in [-0.15, -0.1) is 0 Å². The summed E-state index contributed by atoms with van der Waals surface area (Å²) in [6, 6.07) is -0.0955. The molecule has 2 amide bonds. The number of carbonyl (C=O) groups is 2. The maximum atomic E-state index is 12.4. The topological polar surface area (TPSA) is 89.4 Å². The molecule has 96 valence electrons. The summed E-state index contributed by atoms with van der Waals surface area (Å²) in [7, 11) is 0. The first-order valence-electron chi connectivity index (χ1n) is 5.70. The Morgan fingerprint density at radius 2 is 1.88 bits per heavy atom. The zero-order valence-electron chi connectivity index (χ0n) is 10.2. The first kappa shape index (κ1) is 13.9. The predicted molar refractivity (Wildman–Crippen MR) is 69.1 cm³/mol. The van der Waals surface area contributed by atoms with Gasteiger partial charge in [-0.3, -0.25) is 9.59 Å². The SMILES string of the molecule is CC(C)N(CC(N)=O)C(=O)C1(C(N)=S)CCC1. The van der Waals surface area contributed by atoms with Crippen LogP contribution < -0.4 is 11.5 Å². The molecule has 0 aromatic heterocycles. The van der Waals surface area contributed by atoms with Gasteiger partial charge in [-0.1, -0.05) is 18.6 Å². The van der Waals surface area contributed by atoms with E-state index in [9.17, 15) is 9.59 Å².